The first-order valence-corrected chi connectivity index (χ1v) is 7.41. The van der Waals surface area contributed by atoms with Crippen molar-refractivity contribution in [2.75, 3.05) is 0 Å². The van der Waals surface area contributed by atoms with Crippen molar-refractivity contribution in [1.82, 2.24) is 14.9 Å². The maximum atomic E-state index is 9.67. The Balaban J connectivity index is 2.37. The van der Waals surface area contributed by atoms with Crippen LogP contribution in [-0.4, -0.2) is 31.5 Å². The van der Waals surface area contributed by atoms with Gasteiger partial charge in [0, 0.05) is 18.2 Å². The summed E-state index contributed by atoms with van der Waals surface area (Å²) in [5, 5.41) is 30.5. The molecule has 1 aromatic carbocycles. The summed E-state index contributed by atoms with van der Waals surface area (Å²) in [6.45, 7) is 5.59. The van der Waals surface area contributed by atoms with Crippen LogP contribution in [-0.2, 0) is 7.05 Å². The zero-order chi connectivity index (χ0) is 17.4. The first kappa shape index (κ1) is 15.8. The van der Waals surface area contributed by atoms with Crippen LogP contribution in [0.2, 0.25) is 0 Å². The van der Waals surface area contributed by atoms with E-state index in [4.69, 9.17) is 9.73 Å². The Morgan fingerprint density at radius 2 is 1.96 bits per heavy atom. The average Bonchev–Trinajstić information content (AvgIpc) is 3.00. The summed E-state index contributed by atoms with van der Waals surface area (Å²) in [5.41, 5.74) is 5.42. The van der Waals surface area contributed by atoms with Gasteiger partial charge in [-0.25, -0.2) is 0 Å². The second-order valence-electron chi connectivity index (χ2n) is 5.68. The number of aromatic hydroxyl groups is 1. The quantitative estimate of drug-likeness (QED) is 0.438. The Hall–Kier alpha value is -3.09. The number of hydrogen-bond acceptors (Lipinski definition) is 6. The van der Waals surface area contributed by atoms with Crippen LogP contribution >= 0.6 is 0 Å². The van der Waals surface area contributed by atoms with Gasteiger partial charge < -0.3 is 14.8 Å². The molecule has 0 saturated heterocycles. The maximum Gasteiger partial charge on any atom is 0.141 e. The molecule has 0 fully saturated rings. The number of nitrogens with zero attached hydrogens (tertiary/aromatic N) is 4. The second kappa shape index (κ2) is 5.84. The Morgan fingerprint density at radius 1 is 1.21 bits per heavy atom. The highest BCUT2D eigenvalue weighted by molar-refractivity contribution is 5.96. The van der Waals surface area contributed by atoms with Crippen molar-refractivity contribution in [3.05, 3.63) is 40.9 Å². The third-order valence-corrected chi connectivity index (χ3v) is 4.02. The molecule has 0 bridgehead atoms. The Bertz CT molecular complexity index is 918. The van der Waals surface area contributed by atoms with Crippen LogP contribution < -0.4 is 0 Å². The van der Waals surface area contributed by atoms with Crippen molar-refractivity contribution in [3.8, 4) is 28.1 Å². The molecule has 0 atom stereocenters. The van der Waals surface area contributed by atoms with Crippen molar-refractivity contribution in [3.63, 3.8) is 0 Å². The number of aryl methyl sites for hydroxylation is 4. The van der Waals surface area contributed by atoms with Gasteiger partial charge in [0.15, 0.2) is 0 Å². The van der Waals surface area contributed by atoms with E-state index in [-0.39, 0.29) is 5.75 Å². The fourth-order valence-corrected chi connectivity index (χ4v) is 2.93. The number of hydrogen-bond donors (Lipinski definition) is 2. The summed E-state index contributed by atoms with van der Waals surface area (Å²) >= 11 is 0. The SMILES string of the molecule is Cc1cc(O)ccc1-c1nn(C)c(/C=N/O)c1-c1c(C)noc1C. The highest BCUT2D eigenvalue weighted by Gasteiger charge is 2.24. The predicted octanol–water partition coefficient (Wildman–Crippen LogP) is 3.18. The molecule has 2 N–H and O–H groups in total. The average molecular weight is 326 g/mol. The number of phenols is 1. The molecular weight excluding hydrogens is 308 g/mol. The Kier molecular flexibility index (Phi) is 3.84. The van der Waals surface area contributed by atoms with Gasteiger partial charge >= 0.3 is 0 Å². The number of phenolic OH excluding ortho intramolecular Hbond substituents is 1. The van der Waals surface area contributed by atoms with Crippen LogP contribution in [0.1, 0.15) is 22.7 Å². The first-order valence-electron chi connectivity index (χ1n) is 7.41. The molecule has 124 valence electrons. The Labute approximate surface area is 138 Å². The molecule has 0 aliphatic heterocycles. The van der Waals surface area contributed by atoms with Crippen LogP contribution in [0.5, 0.6) is 5.75 Å². The highest BCUT2D eigenvalue weighted by atomic mass is 16.5. The van der Waals surface area contributed by atoms with E-state index in [1.807, 2.05) is 26.8 Å². The molecule has 2 aromatic heterocycles. The summed E-state index contributed by atoms with van der Waals surface area (Å²) in [5.74, 6) is 0.856. The molecule has 0 unspecified atom stereocenters. The van der Waals surface area contributed by atoms with Gasteiger partial charge in [-0.15, -0.1) is 0 Å². The zero-order valence-corrected chi connectivity index (χ0v) is 13.9. The summed E-state index contributed by atoms with van der Waals surface area (Å²) < 4.78 is 6.94. The summed E-state index contributed by atoms with van der Waals surface area (Å²) in [7, 11) is 1.78. The van der Waals surface area contributed by atoms with Gasteiger partial charge in [0.2, 0.25) is 0 Å². The minimum absolute atomic E-state index is 0.197. The van der Waals surface area contributed by atoms with Crippen LogP contribution in [0.3, 0.4) is 0 Å². The van der Waals surface area contributed by atoms with E-state index >= 15 is 0 Å². The van der Waals surface area contributed by atoms with Gasteiger partial charge in [-0.05, 0) is 44.5 Å². The van der Waals surface area contributed by atoms with E-state index in [2.05, 4.69) is 15.4 Å². The van der Waals surface area contributed by atoms with Crippen LogP contribution in [0.15, 0.2) is 27.9 Å². The minimum Gasteiger partial charge on any atom is -0.508 e. The van der Waals surface area contributed by atoms with Crippen molar-refractivity contribution in [1.29, 1.82) is 0 Å². The molecular formula is C17H18N4O3. The van der Waals surface area contributed by atoms with E-state index in [9.17, 15) is 5.11 Å². The number of benzene rings is 1. The number of rotatable bonds is 3. The molecule has 0 radical (unpaired) electrons. The molecule has 0 saturated carbocycles. The highest BCUT2D eigenvalue weighted by Crippen LogP contribution is 2.39. The summed E-state index contributed by atoms with van der Waals surface area (Å²) in [4.78, 5) is 0. The predicted molar refractivity (Wildman–Crippen MR) is 89.4 cm³/mol. The van der Waals surface area contributed by atoms with Gasteiger partial charge in [-0.1, -0.05) is 10.3 Å². The molecule has 7 nitrogen and oxygen atoms in total. The van der Waals surface area contributed by atoms with E-state index in [1.165, 1.54) is 6.21 Å². The standard InChI is InChI=1S/C17H18N4O3/c1-9-7-12(22)5-6-13(9)17-16(14(8-18-23)21(4)19-17)15-10(2)20-24-11(15)3/h5-8,22-23H,1-4H3/b18-8+. The maximum absolute atomic E-state index is 9.67. The van der Waals surface area contributed by atoms with Gasteiger partial charge in [-0.3, -0.25) is 4.68 Å². The molecule has 0 aliphatic carbocycles. The molecule has 0 amide bonds. The molecule has 24 heavy (non-hydrogen) atoms. The van der Waals surface area contributed by atoms with E-state index in [0.717, 1.165) is 27.9 Å². The third-order valence-electron chi connectivity index (χ3n) is 4.02. The lowest BCUT2D eigenvalue weighted by molar-refractivity contribution is 0.321. The molecule has 3 rings (SSSR count). The number of oxime groups is 1. The third kappa shape index (κ3) is 2.44. The van der Waals surface area contributed by atoms with Gasteiger partial charge in [0.25, 0.3) is 0 Å². The molecule has 2 heterocycles. The van der Waals surface area contributed by atoms with Crippen molar-refractivity contribution in [2.45, 2.75) is 20.8 Å². The monoisotopic (exact) mass is 326 g/mol. The van der Waals surface area contributed by atoms with E-state index in [0.29, 0.717) is 17.1 Å². The fraction of sp³-hybridized carbons (Fsp3) is 0.235. The molecule has 3 aromatic rings. The van der Waals surface area contributed by atoms with Crippen LogP contribution in [0.4, 0.5) is 0 Å². The van der Waals surface area contributed by atoms with Gasteiger partial charge in [0.1, 0.15) is 17.2 Å². The Morgan fingerprint density at radius 3 is 2.54 bits per heavy atom. The van der Waals surface area contributed by atoms with Crippen LogP contribution in [0, 0.1) is 20.8 Å². The minimum atomic E-state index is 0.197. The van der Waals surface area contributed by atoms with E-state index < -0.39 is 0 Å². The zero-order valence-electron chi connectivity index (χ0n) is 13.9. The molecule has 0 aliphatic rings. The normalized spacial score (nSPS) is 11.5. The summed E-state index contributed by atoms with van der Waals surface area (Å²) in [6, 6.07) is 5.11. The first-order chi connectivity index (χ1) is 11.4. The lowest BCUT2D eigenvalue weighted by Crippen LogP contribution is -1.98. The number of aromatic nitrogens is 3. The largest absolute Gasteiger partial charge is 0.508 e. The van der Waals surface area contributed by atoms with Crippen molar-refractivity contribution in [2.24, 2.45) is 12.2 Å². The lowest BCUT2D eigenvalue weighted by atomic mass is 9.95. The molecule has 7 heteroatoms. The smallest absolute Gasteiger partial charge is 0.141 e. The van der Waals surface area contributed by atoms with Crippen LogP contribution in [0.25, 0.3) is 22.4 Å². The van der Waals surface area contributed by atoms with Gasteiger partial charge in [-0.2, -0.15) is 5.10 Å². The lowest BCUT2D eigenvalue weighted by Gasteiger charge is -2.07. The fourth-order valence-electron chi connectivity index (χ4n) is 2.93. The summed E-state index contributed by atoms with van der Waals surface area (Å²) in [6.07, 6.45) is 1.34. The van der Waals surface area contributed by atoms with Crippen molar-refractivity contribution >= 4 is 6.21 Å². The second-order valence-corrected chi connectivity index (χ2v) is 5.68. The topological polar surface area (TPSA) is 96.7 Å². The van der Waals surface area contributed by atoms with Crippen molar-refractivity contribution < 1.29 is 14.8 Å². The van der Waals surface area contributed by atoms with E-state index in [1.54, 1.807) is 23.9 Å². The van der Waals surface area contributed by atoms with Gasteiger partial charge in [0.05, 0.1) is 23.2 Å². The molecule has 0 spiro atoms.